The van der Waals surface area contributed by atoms with Crippen LogP contribution in [0.25, 0.3) is 0 Å². The number of benzene rings is 2. The minimum atomic E-state index is -3.58. The quantitative estimate of drug-likeness (QED) is 0.613. The van der Waals surface area contributed by atoms with Crippen molar-refractivity contribution in [2.24, 2.45) is 0 Å². The van der Waals surface area contributed by atoms with E-state index in [1.54, 1.807) is 11.0 Å². The summed E-state index contributed by atoms with van der Waals surface area (Å²) in [6.07, 6.45) is 0. The van der Waals surface area contributed by atoms with Crippen molar-refractivity contribution in [1.29, 1.82) is 0 Å². The molecule has 0 spiro atoms. The van der Waals surface area contributed by atoms with E-state index in [1.165, 1.54) is 4.31 Å². The molecule has 0 bridgehead atoms. The number of aryl methyl sites for hydroxylation is 2. The molecule has 2 saturated heterocycles. The van der Waals surface area contributed by atoms with Gasteiger partial charge in [0.1, 0.15) is 5.75 Å². The molecule has 0 N–H and O–H groups in total. The van der Waals surface area contributed by atoms with Gasteiger partial charge in [-0.15, -0.1) is 23.5 Å². The Kier molecular flexibility index (Phi) is 7.39. The second-order valence-corrected chi connectivity index (χ2v) is 12.6. The van der Waals surface area contributed by atoms with E-state index in [0.717, 1.165) is 33.9 Å². The third kappa shape index (κ3) is 5.11. The molecule has 6 nitrogen and oxygen atoms in total. The fraction of sp³-hybridized carbons (Fsp3) is 0.435. The first kappa shape index (κ1) is 23.5. The number of hydrogen-bond acceptors (Lipinski definition) is 6. The summed E-state index contributed by atoms with van der Waals surface area (Å²) in [6.45, 7) is 4.95. The number of carbonyl (C=O) groups is 1. The van der Waals surface area contributed by atoms with E-state index in [2.05, 4.69) is 6.07 Å². The van der Waals surface area contributed by atoms with Gasteiger partial charge in [-0.2, -0.15) is 4.31 Å². The maximum absolute atomic E-state index is 13.1. The number of sulfonamides is 1. The van der Waals surface area contributed by atoms with Gasteiger partial charge in [0.15, 0.2) is 6.61 Å². The van der Waals surface area contributed by atoms with Crippen molar-refractivity contribution in [2.45, 2.75) is 23.3 Å². The fourth-order valence-electron chi connectivity index (χ4n) is 3.88. The summed E-state index contributed by atoms with van der Waals surface area (Å²) in [4.78, 5) is 14.8. The van der Waals surface area contributed by atoms with Crippen LogP contribution in [0.2, 0.25) is 0 Å². The normalized spacial score (nSPS) is 18.1. The molecular weight excluding hydrogens is 464 g/mol. The molecule has 0 aromatic heterocycles. The Morgan fingerprint density at radius 1 is 1.03 bits per heavy atom. The molecule has 2 aromatic rings. The van der Waals surface area contributed by atoms with Crippen LogP contribution in [0.1, 0.15) is 21.3 Å². The largest absolute Gasteiger partial charge is 0.483 e. The van der Waals surface area contributed by atoms with E-state index in [0.29, 0.717) is 22.6 Å². The Morgan fingerprint density at radius 2 is 1.72 bits per heavy atom. The Hall–Kier alpha value is -1.68. The number of hydrogen-bond donors (Lipinski definition) is 0. The van der Waals surface area contributed by atoms with Gasteiger partial charge in [-0.3, -0.25) is 4.79 Å². The maximum atomic E-state index is 13.1. The van der Waals surface area contributed by atoms with Crippen LogP contribution >= 0.6 is 23.5 Å². The predicted molar refractivity (Wildman–Crippen MR) is 131 cm³/mol. The first-order chi connectivity index (χ1) is 15.4. The summed E-state index contributed by atoms with van der Waals surface area (Å²) in [5.74, 6) is 2.88. The highest BCUT2D eigenvalue weighted by molar-refractivity contribution is 8.19. The average Bonchev–Trinajstić information content (AvgIpc) is 3.34. The molecule has 2 fully saturated rings. The molecule has 2 aromatic carbocycles. The number of ether oxygens (including phenoxy) is 1. The van der Waals surface area contributed by atoms with Crippen LogP contribution in [0.4, 0.5) is 0 Å². The number of para-hydroxylation sites is 1. The number of amides is 1. The minimum absolute atomic E-state index is 0.0389. The smallest absolute Gasteiger partial charge is 0.260 e. The molecule has 0 saturated carbocycles. The van der Waals surface area contributed by atoms with E-state index in [4.69, 9.17) is 4.74 Å². The molecule has 0 radical (unpaired) electrons. The van der Waals surface area contributed by atoms with Gasteiger partial charge >= 0.3 is 0 Å². The van der Waals surface area contributed by atoms with Crippen LogP contribution in [0.15, 0.2) is 47.4 Å². The zero-order valence-electron chi connectivity index (χ0n) is 18.3. The zero-order valence-corrected chi connectivity index (χ0v) is 20.8. The molecule has 0 unspecified atom stereocenters. The summed E-state index contributed by atoms with van der Waals surface area (Å²) in [5, 5.41) is 0. The van der Waals surface area contributed by atoms with Crippen molar-refractivity contribution in [3.8, 4) is 5.75 Å². The van der Waals surface area contributed by atoms with Crippen molar-refractivity contribution < 1.29 is 17.9 Å². The highest BCUT2D eigenvalue weighted by Crippen LogP contribution is 2.48. The van der Waals surface area contributed by atoms with Crippen LogP contribution in [-0.2, 0) is 14.8 Å². The number of nitrogens with zero attached hydrogens (tertiary/aromatic N) is 2. The van der Waals surface area contributed by atoms with Gasteiger partial charge in [0.05, 0.1) is 9.48 Å². The molecule has 0 atom stereocenters. The molecule has 172 valence electrons. The lowest BCUT2D eigenvalue weighted by Crippen LogP contribution is -2.51. The van der Waals surface area contributed by atoms with Crippen molar-refractivity contribution >= 4 is 39.5 Å². The number of thioether (sulfide) groups is 2. The third-order valence-electron chi connectivity index (χ3n) is 5.70. The molecule has 0 aliphatic carbocycles. The maximum Gasteiger partial charge on any atom is 0.260 e. The average molecular weight is 493 g/mol. The Balaban J connectivity index is 1.35. The molecule has 2 heterocycles. The van der Waals surface area contributed by atoms with E-state index in [-0.39, 0.29) is 25.6 Å². The van der Waals surface area contributed by atoms with Gasteiger partial charge < -0.3 is 9.64 Å². The second kappa shape index (κ2) is 10.1. The summed E-state index contributed by atoms with van der Waals surface area (Å²) in [6, 6.07) is 13.4. The van der Waals surface area contributed by atoms with Crippen LogP contribution in [0.5, 0.6) is 5.75 Å². The fourth-order valence-corrected chi connectivity index (χ4v) is 8.52. The Labute approximate surface area is 198 Å². The van der Waals surface area contributed by atoms with Gasteiger partial charge in [-0.05, 0) is 37.1 Å². The molecule has 2 aliphatic rings. The summed E-state index contributed by atoms with van der Waals surface area (Å²) < 4.78 is 33.9. The molecule has 1 amide bonds. The SMILES string of the molecule is Cc1ccc(C)c(S(=O)(=O)N2CCN(C(=O)COc3ccccc3C3SCCS3)CC2)c1. The lowest BCUT2D eigenvalue weighted by molar-refractivity contribution is -0.134. The Bertz CT molecular complexity index is 1080. The molecule has 9 heteroatoms. The van der Waals surface area contributed by atoms with E-state index >= 15 is 0 Å². The van der Waals surface area contributed by atoms with Crippen LogP contribution < -0.4 is 4.74 Å². The lowest BCUT2D eigenvalue weighted by atomic mass is 10.2. The number of piperazine rings is 1. The van der Waals surface area contributed by atoms with Crippen LogP contribution in [0.3, 0.4) is 0 Å². The second-order valence-electron chi connectivity index (χ2n) is 7.95. The van der Waals surface area contributed by atoms with Crippen molar-refractivity contribution in [1.82, 2.24) is 9.21 Å². The van der Waals surface area contributed by atoms with E-state index in [1.807, 2.05) is 67.7 Å². The lowest BCUT2D eigenvalue weighted by Gasteiger charge is -2.34. The van der Waals surface area contributed by atoms with Crippen molar-refractivity contribution in [3.05, 3.63) is 59.2 Å². The van der Waals surface area contributed by atoms with Gasteiger partial charge in [0.25, 0.3) is 5.91 Å². The van der Waals surface area contributed by atoms with E-state index in [9.17, 15) is 13.2 Å². The summed E-state index contributed by atoms with van der Waals surface area (Å²) >= 11 is 3.80. The predicted octanol–water partition coefficient (Wildman–Crippen LogP) is 3.69. The topological polar surface area (TPSA) is 66.9 Å². The van der Waals surface area contributed by atoms with Crippen molar-refractivity contribution in [2.75, 3.05) is 44.3 Å². The Morgan fingerprint density at radius 3 is 2.44 bits per heavy atom. The summed E-state index contributed by atoms with van der Waals surface area (Å²) in [7, 11) is -3.58. The monoisotopic (exact) mass is 492 g/mol. The highest BCUT2D eigenvalue weighted by Gasteiger charge is 2.31. The standard InChI is InChI=1S/C23H28N2O4S3/c1-17-7-8-18(2)21(15-17)32(27,28)25-11-9-24(10-12-25)22(26)16-29-20-6-4-3-5-19(20)23-30-13-14-31-23/h3-8,15,23H,9-14,16H2,1-2H3. The molecular formula is C23H28N2O4S3. The number of carbonyl (C=O) groups excluding carboxylic acids is 1. The molecule has 2 aliphatic heterocycles. The highest BCUT2D eigenvalue weighted by atomic mass is 32.2. The first-order valence-corrected chi connectivity index (χ1v) is 14.2. The first-order valence-electron chi connectivity index (χ1n) is 10.7. The summed E-state index contributed by atoms with van der Waals surface area (Å²) in [5.41, 5.74) is 2.77. The minimum Gasteiger partial charge on any atom is -0.483 e. The number of rotatable bonds is 6. The van der Waals surface area contributed by atoms with Crippen LogP contribution in [0, 0.1) is 13.8 Å². The molecule has 4 rings (SSSR count). The van der Waals surface area contributed by atoms with E-state index < -0.39 is 10.0 Å². The van der Waals surface area contributed by atoms with Gasteiger partial charge in [0, 0.05) is 43.2 Å². The van der Waals surface area contributed by atoms with Gasteiger partial charge in [-0.25, -0.2) is 8.42 Å². The molecule has 32 heavy (non-hydrogen) atoms. The van der Waals surface area contributed by atoms with Crippen molar-refractivity contribution in [3.63, 3.8) is 0 Å². The van der Waals surface area contributed by atoms with Gasteiger partial charge in [-0.1, -0.05) is 30.3 Å². The van der Waals surface area contributed by atoms with Gasteiger partial charge in [0.2, 0.25) is 10.0 Å². The third-order valence-corrected chi connectivity index (χ3v) is 10.8. The van der Waals surface area contributed by atoms with Crippen LogP contribution in [-0.4, -0.2) is 67.8 Å². The zero-order chi connectivity index (χ0) is 22.7.